The predicted octanol–water partition coefficient (Wildman–Crippen LogP) is 0.772. The zero-order chi connectivity index (χ0) is 12.9. The van der Waals surface area contributed by atoms with Crippen LogP contribution in [0.15, 0.2) is 0 Å². The number of ether oxygens (including phenoxy) is 2. The minimum absolute atomic E-state index is 0.0766. The van der Waals surface area contributed by atoms with Crippen LogP contribution in [-0.4, -0.2) is 37.0 Å². The molecule has 1 heterocycles. The summed E-state index contributed by atoms with van der Waals surface area (Å²) in [5.74, 6) is -0.647. The lowest BCUT2D eigenvalue weighted by molar-refractivity contribution is -0.139. The third-order valence-electron chi connectivity index (χ3n) is 2.78. The summed E-state index contributed by atoms with van der Waals surface area (Å²) < 4.78 is 11.0. The molecular formula is C12H24N2O3. The Balaban J connectivity index is 2.20. The van der Waals surface area contributed by atoms with E-state index in [4.69, 9.17) is 15.2 Å². The highest BCUT2D eigenvalue weighted by Gasteiger charge is 2.32. The number of rotatable bonds is 6. The number of carbonyl (C=O) groups is 1. The number of hydrogen-bond acceptors (Lipinski definition) is 4. The first-order valence-corrected chi connectivity index (χ1v) is 6.29. The van der Waals surface area contributed by atoms with Gasteiger partial charge in [-0.3, -0.25) is 4.79 Å². The molecule has 0 aromatic carbocycles. The predicted molar refractivity (Wildman–Crippen MR) is 65.4 cm³/mol. The summed E-state index contributed by atoms with van der Waals surface area (Å²) in [6, 6.07) is -0.412. The zero-order valence-corrected chi connectivity index (χ0v) is 11.0. The second-order valence-corrected chi connectivity index (χ2v) is 4.94. The lowest BCUT2D eigenvalue weighted by Gasteiger charge is -2.18. The van der Waals surface area contributed by atoms with Gasteiger partial charge in [0.1, 0.15) is 6.10 Å². The maximum Gasteiger partial charge on any atom is 0.237 e. The first kappa shape index (κ1) is 14.4. The summed E-state index contributed by atoms with van der Waals surface area (Å²) in [6.07, 6.45) is 2.68. The standard InChI is InChI=1S/C12H24N2O3/c1-4-5-6-10(13)11(15)14-7-9-8-16-12(2,3)17-9/h9-10H,4-8,13H2,1-3H3,(H,14,15)/t9?,10-/m0/s1. The molecule has 1 aliphatic rings. The Hall–Kier alpha value is -0.650. The largest absolute Gasteiger partial charge is 0.352 e. The van der Waals surface area contributed by atoms with E-state index in [1.54, 1.807) is 0 Å². The molecule has 1 saturated heterocycles. The molecule has 5 heteroatoms. The van der Waals surface area contributed by atoms with Crippen LogP contribution in [0.2, 0.25) is 0 Å². The maximum atomic E-state index is 11.6. The topological polar surface area (TPSA) is 73.6 Å². The fourth-order valence-electron chi connectivity index (χ4n) is 1.76. The van der Waals surface area contributed by atoms with Gasteiger partial charge in [-0.05, 0) is 20.3 Å². The van der Waals surface area contributed by atoms with Crippen LogP contribution in [0.3, 0.4) is 0 Å². The van der Waals surface area contributed by atoms with Crippen LogP contribution in [0.25, 0.3) is 0 Å². The molecule has 0 bridgehead atoms. The van der Waals surface area contributed by atoms with Crippen molar-refractivity contribution in [1.82, 2.24) is 5.32 Å². The Morgan fingerprint density at radius 2 is 2.29 bits per heavy atom. The average molecular weight is 244 g/mol. The molecule has 1 aliphatic heterocycles. The van der Waals surface area contributed by atoms with E-state index in [1.165, 1.54) is 0 Å². The monoisotopic (exact) mass is 244 g/mol. The van der Waals surface area contributed by atoms with Crippen LogP contribution in [-0.2, 0) is 14.3 Å². The van der Waals surface area contributed by atoms with Crippen molar-refractivity contribution >= 4 is 5.91 Å². The van der Waals surface area contributed by atoms with Crippen molar-refractivity contribution in [2.24, 2.45) is 5.73 Å². The summed E-state index contributed by atoms with van der Waals surface area (Å²) in [5, 5.41) is 2.80. The minimum Gasteiger partial charge on any atom is -0.352 e. The second kappa shape index (κ2) is 6.33. The van der Waals surface area contributed by atoms with Crippen molar-refractivity contribution in [3.63, 3.8) is 0 Å². The second-order valence-electron chi connectivity index (χ2n) is 4.94. The van der Waals surface area contributed by atoms with E-state index < -0.39 is 11.8 Å². The fraction of sp³-hybridized carbons (Fsp3) is 0.917. The molecule has 0 radical (unpaired) electrons. The third-order valence-corrected chi connectivity index (χ3v) is 2.78. The van der Waals surface area contributed by atoms with Crippen molar-refractivity contribution in [2.45, 2.75) is 58.0 Å². The van der Waals surface area contributed by atoms with Gasteiger partial charge in [-0.15, -0.1) is 0 Å². The molecule has 0 spiro atoms. The number of unbranched alkanes of at least 4 members (excludes halogenated alkanes) is 1. The molecule has 1 unspecified atom stereocenters. The molecule has 0 aromatic heterocycles. The van der Waals surface area contributed by atoms with E-state index in [2.05, 4.69) is 12.2 Å². The molecule has 5 nitrogen and oxygen atoms in total. The van der Waals surface area contributed by atoms with Gasteiger partial charge >= 0.3 is 0 Å². The van der Waals surface area contributed by atoms with E-state index in [9.17, 15) is 4.79 Å². The summed E-state index contributed by atoms with van der Waals surface area (Å²) in [7, 11) is 0. The molecular weight excluding hydrogens is 220 g/mol. The summed E-state index contributed by atoms with van der Waals surface area (Å²) in [6.45, 7) is 6.78. The Morgan fingerprint density at radius 1 is 1.59 bits per heavy atom. The van der Waals surface area contributed by atoms with Gasteiger partial charge in [0, 0.05) is 6.54 Å². The first-order chi connectivity index (χ1) is 7.94. The highest BCUT2D eigenvalue weighted by molar-refractivity contribution is 5.81. The van der Waals surface area contributed by atoms with Gasteiger partial charge in [-0.25, -0.2) is 0 Å². The van der Waals surface area contributed by atoms with Gasteiger partial charge in [0.25, 0.3) is 0 Å². The van der Waals surface area contributed by atoms with Crippen LogP contribution in [0, 0.1) is 0 Å². The Bertz CT molecular complexity index is 256. The van der Waals surface area contributed by atoms with E-state index in [1.807, 2.05) is 13.8 Å². The summed E-state index contributed by atoms with van der Waals surface area (Å²) in [5.41, 5.74) is 5.76. The summed E-state index contributed by atoms with van der Waals surface area (Å²) in [4.78, 5) is 11.6. The maximum absolute atomic E-state index is 11.6. The Labute approximate surface area is 103 Å². The lowest BCUT2D eigenvalue weighted by Crippen LogP contribution is -2.44. The highest BCUT2D eigenvalue weighted by Crippen LogP contribution is 2.21. The fourth-order valence-corrected chi connectivity index (χ4v) is 1.76. The van der Waals surface area contributed by atoms with Gasteiger partial charge in [0.05, 0.1) is 12.6 Å². The van der Waals surface area contributed by atoms with Crippen LogP contribution in [0.5, 0.6) is 0 Å². The SMILES string of the molecule is CCCC[C@H](N)C(=O)NCC1COC(C)(C)O1. The van der Waals surface area contributed by atoms with Crippen molar-refractivity contribution in [3.05, 3.63) is 0 Å². The molecule has 0 aliphatic carbocycles. The number of hydrogen-bond donors (Lipinski definition) is 2. The van der Waals surface area contributed by atoms with E-state index in [0.29, 0.717) is 13.2 Å². The van der Waals surface area contributed by atoms with Crippen LogP contribution in [0.4, 0.5) is 0 Å². The molecule has 3 N–H and O–H groups in total. The normalized spacial score (nSPS) is 24.6. The number of carbonyl (C=O) groups excluding carboxylic acids is 1. The average Bonchev–Trinajstić information content (AvgIpc) is 2.62. The number of nitrogens with two attached hydrogens (primary N) is 1. The van der Waals surface area contributed by atoms with Crippen molar-refractivity contribution in [3.8, 4) is 0 Å². The van der Waals surface area contributed by atoms with Gasteiger partial charge in [0.2, 0.25) is 5.91 Å². The number of nitrogens with one attached hydrogen (secondary N) is 1. The van der Waals surface area contributed by atoms with E-state index in [0.717, 1.165) is 19.3 Å². The molecule has 1 amide bonds. The van der Waals surface area contributed by atoms with Crippen LogP contribution < -0.4 is 11.1 Å². The van der Waals surface area contributed by atoms with Gasteiger partial charge < -0.3 is 20.5 Å². The third kappa shape index (κ3) is 5.02. The molecule has 1 rings (SSSR count). The van der Waals surface area contributed by atoms with Gasteiger partial charge in [0.15, 0.2) is 5.79 Å². The zero-order valence-electron chi connectivity index (χ0n) is 11.0. The van der Waals surface area contributed by atoms with Gasteiger partial charge in [-0.2, -0.15) is 0 Å². The van der Waals surface area contributed by atoms with Crippen molar-refractivity contribution in [2.75, 3.05) is 13.2 Å². The Kier molecular flexibility index (Phi) is 5.36. The molecule has 0 aromatic rings. The highest BCUT2D eigenvalue weighted by atomic mass is 16.7. The van der Waals surface area contributed by atoms with Gasteiger partial charge in [-0.1, -0.05) is 19.8 Å². The van der Waals surface area contributed by atoms with Crippen molar-refractivity contribution in [1.29, 1.82) is 0 Å². The number of amides is 1. The Morgan fingerprint density at radius 3 is 2.82 bits per heavy atom. The molecule has 17 heavy (non-hydrogen) atoms. The molecule has 0 saturated carbocycles. The minimum atomic E-state index is -0.542. The van der Waals surface area contributed by atoms with Crippen LogP contribution in [0.1, 0.15) is 40.0 Å². The smallest absolute Gasteiger partial charge is 0.237 e. The van der Waals surface area contributed by atoms with Crippen molar-refractivity contribution < 1.29 is 14.3 Å². The first-order valence-electron chi connectivity index (χ1n) is 6.29. The molecule has 100 valence electrons. The molecule has 1 fully saturated rings. The van der Waals surface area contributed by atoms with E-state index >= 15 is 0 Å². The summed E-state index contributed by atoms with van der Waals surface area (Å²) >= 11 is 0. The quantitative estimate of drug-likeness (QED) is 0.724. The molecule has 2 atom stereocenters. The van der Waals surface area contributed by atoms with Crippen LogP contribution >= 0.6 is 0 Å². The lowest BCUT2D eigenvalue weighted by atomic mass is 10.1. The van der Waals surface area contributed by atoms with E-state index in [-0.39, 0.29) is 12.0 Å².